The number of benzene rings is 1. The number of hydrogen-bond donors (Lipinski definition) is 2. The Bertz CT molecular complexity index is 910. The number of aryl methyl sites for hydroxylation is 2. The molecule has 2 N–H and O–H groups in total. The van der Waals surface area contributed by atoms with Crippen LogP contribution in [0.25, 0.3) is 11.0 Å². The van der Waals surface area contributed by atoms with Gasteiger partial charge < -0.3 is 14.8 Å². The molecule has 0 saturated heterocycles. The van der Waals surface area contributed by atoms with E-state index in [1.165, 1.54) is 17.4 Å². The van der Waals surface area contributed by atoms with Gasteiger partial charge in [0, 0.05) is 11.1 Å². The van der Waals surface area contributed by atoms with Crippen molar-refractivity contribution in [3.8, 4) is 0 Å². The molecule has 0 aliphatic heterocycles. The highest BCUT2D eigenvalue weighted by molar-refractivity contribution is 7.13. The van der Waals surface area contributed by atoms with Crippen LogP contribution in [0.1, 0.15) is 37.9 Å². The van der Waals surface area contributed by atoms with E-state index >= 15 is 0 Å². The van der Waals surface area contributed by atoms with Crippen LogP contribution in [0.4, 0.5) is 5.69 Å². The number of aromatic nitrogens is 1. The first-order valence-electron chi connectivity index (χ1n) is 7.02. The van der Waals surface area contributed by atoms with Gasteiger partial charge in [-0.15, -0.1) is 11.3 Å². The molecule has 0 saturated carbocycles. The summed E-state index contributed by atoms with van der Waals surface area (Å²) in [5.41, 5.74) is 1.75. The number of carboxylic acid groups (broad SMARTS) is 1. The molecule has 3 rings (SSSR count). The fourth-order valence-corrected chi connectivity index (χ4v) is 3.13. The van der Waals surface area contributed by atoms with Crippen molar-refractivity contribution < 1.29 is 19.1 Å². The summed E-state index contributed by atoms with van der Waals surface area (Å²) >= 11 is 1.38. The van der Waals surface area contributed by atoms with Gasteiger partial charge in [-0.2, -0.15) is 0 Å². The van der Waals surface area contributed by atoms with Gasteiger partial charge in [-0.25, -0.2) is 9.78 Å². The summed E-state index contributed by atoms with van der Waals surface area (Å²) in [5.74, 6) is -1.48. The second-order valence-corrected chi connectivity index (χ2v) is 6.08. The minimum absolute atomic E-state index is 0.130. The molecule has 0 aliphatic carbocycles. The van der Waals surface area contributed by atoms with E-state index in [0.717, 1.165) is 11.4 Å². The molecule has 0 radical (unpaired) electrons. The molecule has 2 heterocycles. The van der Waals surface area contributed by atoms with Crippen LogP contribution in [0, 0.1) is 6.92 Å². The van der Waals surface area contributed by atoms with Gasteiger partial charge in [-0.05, 0) is 37.6 Å². The predicted octanol–water partition coefficient (Wildman–Crippen LogP) is 3.71. The highest BCUT2D eigenvalue weighted by Gasteiger charge is 2.16. The third-order valence-electron chi connectivity index (χ3n) is 3.33. The monoisotopic (exact) mass is 330 g/mol. The average molecular weight is 330 g/mol. The molecular weight excluding hydrogens is 316 g/mol. The van der Waals surface area contributed by atoms with Gasteiger partial charge >= 0.3 is 5.97 Å². The molecule has 0 atom stereocenters. The second-order valence-electron chi connectivity index (χ2n) is 5.00. The lowest BCUT2D eigenvalue weighted by Gasteiger charge is -2.03. The van der Waals surface area contributed by atoms with Crippen LogP contribution in [0.5, 0.6) is 0 Å². The van der Waals surface area contributed by atoms with Crippen LogP contribution in [0.2, 0.25) is 0 Å². The summed E-state index contributed by atoms with van der Waals surface area (Å²) < 4.78 is 5.19. The number of thiazole rings is 1. The van der Waals surface area contributed by atoms with Crippen molar-refractivity contribution in [2.75, 3.05) is 5.32 Å². The zero-order chi connectivity index (χ0) is 16.6. The number of anilines is 1. The van der Waals surface area contributed by atoms with Crippen molar-refractivity contribution in [3.05, 3.63) is 45.6 Å². The number of nitrogens with zero attached hydrogens (tertiary/aromatic N) is 1. The Hall–Kier alpha value is -2.67. The summed E-state index contributed by atoms with van der Waals surface area (Å²) in [6.45, 7) is 3.80. The molecule has 23 heavy (non-hydrogen) atoms. The third kappa shape index (κ3) is 2.95. The molecule has 7 heteroatoms. The number of hydrogen-bond acceptors (Lipinski definition) is 5. The third-order valence-corrected chi connectivity index (χ3v) is 4.64. The van der Waals surface area contributed by atoms with E-state index in [9.17, 15) is 9.59 Å². The number of carbonyl (C=O) groups is 2. The number of nitrogens with one attached hydrogen (secondary N) is 1. The molecule has 3 aromatic rings. The Labute approximate surface area is 135 Å². The molecule has 118 valence electrons. The van der Waals surface area contributed by atoms with E-state index in [1.807, 2.05) is 13.8 Å². The molecule has 1 amide bonds. The van der Waals surface area contributed by atoms with Crippen molar-refractivity contribution in [2.45, 2.75) is 20.3 Å². The van der Waals surface area contributed by atoms with Crippen molar-refractivity contribution in [1.82, 2.24) is 4.98 Å². The van der Waals surface area contributed by atoms with Gasteiger partial charge in [0.05, 0.1) is 10.7 Å². The smallest absolute Gasteiger partial charge is 0.371 e. The molecule has 2 aromatic heterocycles. The van der Waals surface area contributed by atoms with Gasteiger partial charge in [0.15, 0.2) is 0 Å². The van der Waals surface area contributed by atoms with Crippen LogP contribution < -0.4 is 5.32 Å². The lowest BCUT2D eigenvalue weighted by molar-refractivity contribution is 0.0665. The number of amides is 1. The molecule has 6 nitrogen and oxygen atoms in total. The molecule has 0 aliphatic rings. The number of aromatic carboxylic acids is 1. The van der Waals surface area contributed by atoms with Crippen molar-refractivity contribution in [1.29, 1.82) is 0 Å². The van der Waals surface area contributed by atoms with Gasteiger partial charge in [0.25, 0.3) is 5.91 Å². The average Bonchev–Trinajstić information content (AvgIpc) is 3.10. The number of rotatable bonds is 4. The van der Waals surface area contributed by atoms with Gasteiger partial charge in [-0.1, -0.05) is 6.92 Å². The summed E-state index contributed by atoms with van der Waals surface area (Å²) in [4.78, 5) is 28.2. The standard InChI is InChI=1S/C16H14N2O4S/c1-3-13-17-8(2)14(23-13)15(19)18-10-4-5-11-9(6-10)7-12(22-11)16(20)21/h4-7H,3H2,1-2H3,(H,18,19)(H,20,21). The Morgan fingerprint density at radius 2 is 2.13 bits per heavy atom. The zero-order valence-corrected chi connectivity index (χ0v) is 13.4. The topological polar surface area (TPSA) is 92.4 Å². The lowest BCUT2D eigenvalue weighted by atomic mass is 10.2. The number of fused-ring (bicyclic) bond motifs is 1. The molecule has 0 unspecified atom stereocenters. The number of carbonyl (C=O) groups excluding carboxylic acids is 1. The summed E-state index contributed by atoms with van der Waals surface area (Å²) in [5, 5.41) is 13.3. The minimum Gasteiger partial charge on any atom is -0.475 e. The minimum atomic E-state index is -1.13. The second kappa shape index (κ2) is 5.85. The van der Waals surface area contributed by atoms with E-state index in [0.29, 0.717) is 27.2 Å². The SMILES string of the molecule is CCc1nc(C)c(C(=O)Nc2ccc3oc(C(=O)O)cc3c2)s1. The largest absolute Gasteiger partial charge is 0.475 e. The Morgan fingerprint density at radius 3 is 2.78 bits per heavy atom. The first kappa shape index (κ1) is 15.2. The number of carboxylic acids is 1. The molecular formula is C16H14N2O4S. The summed E-state index contributed by atoms with van der Waals surface area (Å²) in [6, 6.07) is 6.42. The number of furan rings is 1. The van der Waals surface area contributed by atoms with Crippen molar-refractivity contribution in [3.63, 3.8) is 0 Å². The maximum atomic E-state index is 12.4. The normalized spacial score (nSPS) is 10.9. The van der Waals surface area contributed by atoms with E-state index in [-0.39, 0.29) is 11.7 Å². The van der Waals surface area contributed by atoms with Gasteiger partial charge in [-0.3, -0.25) is 4.79 Å². The quantitative estimate of drug-likeness (QED) is 0.760. The first-order valence-corrected chi connectivity index (χ1v) is 7.84. The van der Waals surface area contributed by atoms with Crippen molar-refractivity contribution in [2.24, 2.45) is 0 Å². The van der Waals surface area contributed by atoms with E-state index in [2.05, 4.69) is 10.3 Å². The fraction of sp³-hybridized carbons (Fsp3) is 0.188. The molecule has 1 aromatic carbocycles. The van der Waals surface area contributed by atoms with Gasteiger partial charge in [0.2, 0.25) is 5.76 Å². The van der Waals surface area contributed by atoms with E-state index in [4.69, 9.17) is 9.52 Å². The Morgan fingerprint density at radius 1 is 1.35 bits per heavy atom. The highest BCUT2D eigenvalue weighted by atomic mass is 32.1. The van der Waals surface area contributed by atoms with Gasteiger partial charge in [0.1, 0.15) is 10.5 Å². The van der Waals surface area contributed by atoms with Crippen LogP contribution in [0.3, 0.4) is 0 Å². The predicted molar refractivity (Wildman–Crippen MR) is 87.4 cm³/mol. The van der Waals surface area contributed by atoms with Crippen LogP contribution in [-0.4, -0.2) is 22.0 Å². The first-order chi connectivity index (χ1) is 11.0. The maximum Gasteiger partial charge on any atom is 0.371 e. The molecule has 0 bridgehead atoms. The molecule has 0 fully saturated rings. The van der Waals surface area contributed by atoms with E-state index < -0.39 is 5.97 Å². The highest BCUT2D eigenvalue weighted by Crippen LogP contribution is 2.25. The fourth-order valence-electron chi connectivity index (χ4n) is 2.23. The Kier molecular flexibility index (Phi) is 3.87. The summed E-state index contributed by atoms with van der Waals surface area (Å²) in [6.07, 6.45) is 0.789. The van der Waals surface area contributed by atoms with E-state index in [1.54, 1.807) is 18.2 Å². The Balaban J connectivity index is 1.86. The zero-order valence-electron chi connectivity index (χ0n) is 12.5. The van der Waals surface area contributed by atoms with Crippen LogP contribution in [-0.2, 0) is 6.42 Å². The molecule has 0 spiro atoms. The lowest BCUT2D eigenvalue weighted by Crippen LogP contribution is -2.11. The van der Waals surface area contributed by atoms with Crippen molar-refractivity contribution >= 4 is 39.9 Å². The maximum absolute atomic E-state index is 12.4. The van der Waals surface area contributed by atoms with Crippen LogP contribution >= 0.6 is 11.3 Å². The van der Waals surface area contributed by atoms with Crippen LogP contribution in [0.15, 0.2) is 28.7 Å². The summed E-state index contributed by atoms with van der Waals surface area (Å²) in [7, 11) is 0.